The van der Waals surface area contributed by atoms with Gasteiger partial charge in [-0.05, 0) is 36.1 Å². The van der Waals surface area contributed by atoms with Gasteiger partial charge in [0.2, 0.25) is 10.0 Å². The van der Waals surface area contributed by atoms with E-state index in [0.29, 0.717) is 57.2 Å². The van der Waals surface area contributed by atoms with Crippen molar-refractivity contribution in [3.8, 4) is 0 Å². The van der Waals surface area contributed by atoms with Crippen LogP contribution in [0.2, 0.25) is 0 Å². The van der Waals surface area contributed by atoms with E-state index >= 15 is 0 Å². The summed E-state index contributed by atoms with van der Waals surface area (Å²) in [7, 11) is -3.39. The fraction of sp³-hybridized carbons (Fsp3) is 0.458. The van der Waals surface area contributed by atoms with Crippen molar-refractivity contribution >= 4 is 15.9 Å². The van der Waals surface area contributed by atoms with Crippen LogP contribution < -0.4 is 5.32 Å². The third-order valence-corrected chi connectivity index (χ3v) is 8.20. The molecule has 2 aromatic rings. The Bertz CT molecular complexity index is 996. The first-order chi connectivity index (χ1) is 15.5. The molecule has 2 heterocycles. The number of nitrogens with one attached hydrogen (secondary N) is 1. The number of sulfonamides is 1. The van der Waals surface area contributed by atoms with Crippen LogP contribution >= 0.6 is 0 Å². The van der Waals surface area contributed by atoms with Crippen molar-refractivity contribution in [3.05, 3.63) is 71.3 Å². The molecule has 4 rings (SSSR count). The molecule has 0 spiro atoms. The first kappa shape index (κ1) is 22.9. The number of ether oxygens (including phenoxy) is 2. The maximum Gasteiger partial charge on any atom is 0.251 e. The predicted molar refractivity (Wildman–Crippen MR) is 122 cm³/mol. The zero-order chi connectivity index (χ0) is 22.4. The summed E-state index contributed by atoms with van der Waals surface area (Å²) in [6.07, 6.45) is 1.71. The summed E-state index contributed by atoms with van der Waals surface area (Å²) in [5.74, 6) is -0.235. The van der Waals surface area contributed by atoms with Gasteiger partial charge in [0, 0.05) is 43.8 Å². The van der Waals surface area contributed by atoms with Crippen LogP contribution in [-0.2, 0) is 30.7 Å². The molecule has 0 unspecified atom stereocenters. The van der Waals surface area contributed by atoms with E-state index in [4.69, 9.17) is 9.47 Å². The Hall–Kier alpha value is -2.26. The molecule has 0 aliphatic carbocycles. The van der Waals surface area contributed by atoms with Gasteiger partial charge in [0.05, 0.1) is 19.0 Å². The Morgan fingerprint density at radius 2 is 1.53 bits per heavy atom. The number of hydrogen-bond donors (Lipinski definition) is 1. The molecule has 2 fully saturated rings. The summed E-state index contributed by atoms with van der Waals surface area (Å²) in [6, 6.07) is 17.1. The molecule has 2 aliphatic heterocycles. The summed E-state index contributed by atoms with van der Waals surface area (Å²) < 4.78 is 37.5. The molecule has 172 valence electrons. The SMILES string of the molecule is O=C(NCC1(c2ccccc2)CCOCC1)c1ccc(CS(=O)(=O)N2CCOCC2)cc1. The smallest absolute Gasteiger partial charge is 0.251 e. The average molecular weight is 459 g/mol. The maximum atomic E-state index is 12.8. The number of hydrogen-bond acceptors (Lipinski definition) is 5. The molecule has 2 saturated heterocycles. The molecule has 32 heavy (non-hydrogen) atoms. The molecular formula is C24H30N2O5S. The zero-order valence-corrected chi connectivity index (χ0v) is 19.0. The van der Waals surface area contributed by atoms with Crippen LogP contribution in [0.4, 0.5) is 0 Å². The fourth-order valence-corrected chi connectivity index (χ4v) is 5.85. The quantitative estimate of drug-likeness (QED) is 0.688. The minimum Gasteiger partial charge on any atom is -0.381 e. The van der Waals surface area contributed by atoms with Gasteiger partial charge >= 0.3 is 0 Å². The van der Waals surface area contributed by atoms with Crippen LogP contribution in [0.15, 0.2) is 54.6 Å². The highest BCUT2D eigenvalue weighted by molar-refractivity contribution is 7.88. The van der Waals surface area contributed by atoms with Crippen molar-refractivity contribution in [3.63, 3.8) is 0 Å². The Kier molecular flexibility index (Phi) is 7.25. The second-order valence-electron chi connectivity index (χ2n) is 8.41. The third kappa shape index (κ3) is 5.38. The molecule has 1 N–H and O–H groups in total. The van der Waals surface area contributed by atoms with Crippen molar-refractivity contribution in [1.82, 2.24) is 9.62 Å². The maximum absolute atomic E-state index is 12.8. The van der Waals surface area contributed by atoms with Crippen LogP contribution in [0.3, 0.4) is 0 Å². The summed E-state index contributed by atoms with van der Waals surface area (Å²) in [6.45, 7) is 3.51. The topological polar surface area (TPSA) is 84.9 Å². The number of carbonyl (C=O) groups is 1. The van der Waals surface area contributed by atoms with Gasteiger partial charge in [-0.1, -0.05) is 42.5 Å². The summed E-state index contributed by atoms with van der Waals surface area (Å²) in [4.78, 5) is 12.8. The summed E-state index contributed by atoms with van der Waals surface area (Å²) >= 11 is 0. The Morgan fingerprint density at radius 1 is 0.906 bits per heavy atom. The molecule has 7 nitrogen and oxygen atoms in total. The second kappa shape index (κ2) is 10.1. The molecule has 0 atom stereocenters. The molecule has 8 heteroatoms. The van der Waals surface area contributed by atoms with Gasteiger partial charge in [-0.3, -0.25) is 4.79 Å². The van der Waals surface area contributed by atoms with Crippen molar-refractivity contribution < 1.29 is 22.7 Å². The van der Waals surface area contributed by atoms with Gasteiger partial charge in [-0.2, -0.15) is 4.31 Å². The lowest BCUT2D eigenvalue weighted by Gasteiger charge is -2.38. The highest BCUT2D eigenvalue weighted by atomic mass is 32.2. The van der Waals surface area contributed by atoms with Crippen LogP contribution in [0.1, 0.15) is 34.3 Å². The fourth-order valence-electron chi connectivity index (χ4n) is 4.35. The molecule has 0 radical (unpaired) electrons. The van der Waals surface area contributed by atoms with Crippen molar-refractivity contribution in [2.24, 2.45) is 0 Å². The minimum absolute atomic E-state index is 0.0774. The van der Waals surface area contributed by atoms with E-state index in [1.807, 2.05) is 18.2 Å². The number of carbonyl (C=O) groups excluding carboxylic acids is 1. The monoisotopic (exact) mass is 458 g/mol. The van der Waals surface area contributed by atoms with E-state index in [-0.39, 0.29) is 17.1 Å². The van der Waals surface area contributed by atoms with Gasteiger partial charge < -0.3 is 14.8 Å². The lowest BCUT2D eigenvalue weighted by molar-refractivity contribution is 0.0487. The molecule has 1 amide bonds. The van der Waals surface area contributed by atoms with Gasteiger partial charge in [0.1, 0.15) is 0 Å². The van der Waals surface area contributed by atoms with Crippen molar-refractivity contribution in [1.29, 1.82) is 0 Å². The number of nitrogens with zero attached hydrogens (tertiary/aromatic N) is 1. The average Bonchev–Trinajstić information content (AvgIpc) is 2.84. The summed E-state index contributed by atoms with van der Waals surface area (Å²) in [5.41, 5.74) is 2.26. The van der Waals surface area contributed by atoms with Gasteiger partial charge in [0.15, 0.2) is 0 Å². The van der Waals surface area contributed by atoms with Crippen LogP contribution in [0.5, 0.6) is 0 Å². The molecule has 0 aromatic heterocycles. The van der Waals surface area contributed by atoms with E-state index in [2.05, 4.69) is 17.4 Å². The molecule has 2 aromatic carbocycles. The normalized spacial score (nSPS) is 19.4. The lowest BCUT2D eigenvalue weighted by Crippen LogP contribution is -2.44. The zero-order valence-electron chi connectivity index (χ0n) is 18.2. The van der Waals surface area contributed by atoms with Gasteiger partial charge in [-0.25, -0.2) is 8.42 Å². The van der Waals surface area contributed by atoms with Crippen LogP contribution in [-0.4, -0.2) is 64.7 Å². The molecule has 2 aliphatic rings. The van der Waals surface area contributed by atoms with Crippen molar-refractivity contribution in [2.45, 2.75) is 24.0 Å². The van der Waals surface area contributed by atoms with Crippen LogP contribution in [0.25, 0.3) is 0 Å². The Morgan fingerprint density at radius 3 is 2.19 bits per heavy atom. The highest BCUT2D eigenvalue weighted by Crippen LogP contribution is 2.34. The first-order valence-electron chi connectivity index (χ1n) is 11.0. The van der Waals surface area contributed by atoms with Crippen LogP contribution in [0, 0.1) is 0 Å². The first-order valence-corrected chi connectivity index (χ1v) is 12.7. The Balaban J connectivity index is 1.39. The second-order valence-corrected chi connectivity index (χ2v) is 10.4. The Labute approximate surface area is 189 Å². The molecule has 0 bridgehead atoms. The van der Waals surface area contributed by atoms with E-state index in [1.165, 1.54) is 9.87 Å². The number of benzene rings is 2. The van der Waals surface area contributed by atoms with Crippen molar-refractivity contribution in [2.75, 3.05) is 46.1 Å². The number of rotatable bonds is 7. The van der Waals surface area contributed by atoms with E-state index in [0.717, 1.165) is 12.8 Å². The van der Waals surface area contributed by atoms with E-state index in [1.54, 1.807) is 24.3 Å². The molecular weight excluding hydrogens is 428 g/mol. The third-order valence-electron chi connectivity index (χ3n) is 6.35. The largest absolute Gasteiger partial charge is 0.381 e. The number of amides is 1. The molecule has 0 saturated carbocycles. The van der Waals surface area contributed by atoms with Gasteiger partial charge in [-0.15, -0.1) is 0 Å². The van der Waals surface area contributed by atoms with Gasteiger partial charge in [0.25, 0.3) is 5.91 Å². The van der Waals surface area contributed by atoms with E-state index in [9.17, 15) is 13.2 Å². The minimum atomic E-state index is -3.39. The highest BCUT2D eigenvalue weighted by Gasteiger charge is 2.34. The summed E-state index contributed by atoms with van der Waals surface area (Å²) in [5, 5.41) is 3.09. The van der Waals surface area contributed by atoms with E-state index < -0.39 is 10.0 Å². The number of morpholine rings is 1. The standard InChI is InChI=1S/C24H30N2O5S/c27-23(25-19-24(10-14-30-15-11-24)22-4-2-1-3-5-22)21-8-6-20(7-9-21)18-32(28,29)26-12-16-31-17-13-26/h1-9H,10-19H2,(H,25,27). The predicted octanol–water partition coefficient (Wildman–Crippen LogP) is 2.33. The lowest BCUT2D eigenvalue weighted by atomic mass is 9.74.